The van der Waals surface area contributed by atoms with E-state index in [0.717, 1.165) is 37.2 Å². The maximum atomic E-state index is 11.3. The minimum atomic E-state index is -0.0330. The summed E-state index contributed by atoms with van der Waals surface area (Å²) < 4.78 is 0. The average molecular weight is 232 g/mol. The second-order valence-electron chi connectivity index (χ2n) is 5.25. The summed E-state index contributed by atoms with van der Waals surface area (Å²) in [7, 11) is 0. The lowest BCUT2D eigenvalue weighted by molar-refractivity contribution is 0.101. The minimum absolute atomic E-state index is 0.0330. The number of anilines is 1. The zero-order valence-corrected chi connectivity index (χ0v) is 10.6. The smallest absolute Gasteiger partial charge is 0.159 e. The molecule has 0 saturated carbocycles. The molecule has 0 amide bonds. The number of ketones is 1. The predicted molar refractivity (Wildman–Crippen MR) is 70.5 cm³/mol. The Balaban J connectivity index is 2.13. The number of nitrogens with zero attached hydrogens (tertiary/aromatic N) is 1. The molecule has 3 heteroatoms. The first kappa shape index (κ1) is 12.1. The number of carbonyl (C=O) groups excluding carboxylic acids is 1. The van der Waals surface area contributed by atoms with Crippen molar-refractivity contribution in [3.05, 3.63) is 29.8 Å². The van der Waals surface area contributed by atoms with Gasteiger partial charge in [0.05, 0.1) is 0 Å². The normalized spacial score (nSPS) is 19.1. The third kappa shape index (κ3) is 2.86. The van der Waals surface area contributed by atoms with Crippen LogP contribution in [-0.4, -0.2) is 24.4 Å². The Morgan fingerprint density at radius 3 is 2.59 bits per heavy atom. The Hall–Kier alpha value is -1.35. The number of hydrogen-bond donors (Lipinski definition) is 1. The molecule has 92 valence electrons. The molecule has 0 aliphatic carbocycles. The van der Waals surface area contributed by atoms with Gasteiger partial charge in [-0.15, -0.1) is 0 Å². The SMILES string of the molecule is CC(=O)c1cccc(N2CCC(C)(N)CC2)c1. The second-order valence-corrected chi connectivity index (χ2v) is 5.25. The van der Waals surface area contributed by atoms with Crippen LogP contribution in [0.2, 0.25) is 0 Å². The van der Waals surface area contributed by atoms with E-state index in [1.165, 1.54) is 0 Å². The van der Waals surface area contributed by atoms with E-state index in [0.29, 0.717) is 0 Å². The highest BCUT2D eigenvalue weighted by molar-refractivity contribution is 5.94. The predicted octanol–water partition coefficient (Wildman–Crippen LogP) is 2.21. The van der Waals surface area contributed by atoms with Crippen molar-refractivity contribution in [1.29, 1.82) is 0 Å². The summed E-state index contributed by atoms with van der Waals surface area (Å²) in [4.78, 5) is 13.7. The number of nitrogens with two attached hydrogens (primary N) is 1. The molecular formula is C14H20N2O. The molecule has 1 fully saturated rings. The van der Waals surface area contributed by atoms with Gasteiger partial charge in [0.15, 0.2) is 5.78 Å². The highest BCUT2D eigenvalue weighted by atomic mass is 16.1. The van der Waals surface area contributed by atoms with Gasteiger partial charge in [0, 0.05) is 29.9 Å². The molecule has 3 nitrogen and oxygen atoms in total. The van der Waals surface area contributed by atoms with Gasteiger partial charge < -0.3 is 10.6 Å². The van der Waals surface area contributed by atoms with E-state index >= 15 is 0 Å². The molecule has 1 aliphatic rings. The monoisotopic (exact) mass is 232 g/mol. The Bertz CT molecular complexity index is 416. The lowest BCUT2D eigenvalue weighted by atomic mass is 9.90. The number of rotatable bonds is 2. The summed E-state index contributed by atoms with van der Waals surface area (Å²) in [6, 6.07) is 7.85. The Kier molecular flexibility index (Phi) is 3.20. The van der Waals surface area contributed by atoms with Crippen LogP contribution in [0.3, 0.4) is 0 Å². The van der Waals surface area contributed by atoms with Crippen LogP contribution in [0.4, 0.5) is 5.69 Å². The first-order chi connectivity index (χ1) is 7.98. The van der Waals surface area contributed by atoms with Gasteiger partial charge in [-0.2, -0.15) is 0 Å². The van der Waals surface area contributed by atoms with E-state index in [1.54, 1.807) is 6.92 Å². The molecule has 1 aromatic rings. The molecule has 2 rings (SSSR count). The fourth-order valence-electron chi connectivity index (χ4n) is 2.20. The molecule has 2 N–H and O–H groups in total. The summed E-state index contributed by atoms with van der Waals surface area (Å²) in [5, 5.41) is 0. The topological polar surface area (TPSA) is 46.3 Å². The lowest BCUT2D eigenvalue weighted by Gasteiger charge is -2.38. The van der Waals surface area contributed by atoms with Crippen molar-refractivity contribution in [2.75, 3.05) is 18.0 Å². The van der Waals surface area contributed by atoms with Gasteiger partial charge in [-0.1, -0.05) is 12.1 Å². The molecule has 0 radical (unpaired) electrons. The maximum Gasteiger partial charge on any atom is 0.159 e. The first-order valence-electron chi connectivity index (χ1n) is 6.13. The minimum Gasteiger partial charge on any atom is -0.371 e. The van der Waals surface area contributed by atoms with E-state index in [4.69, 9.17) is 5.73 Å². The van der Waals surface area contributed by atoms with Crippen molar-refractivity contribution in [3.8, 4) is 0 Å². The lowest BCUT2D eigenvalue weighted by Crippen LogP contribution is -2.48. The molecule has 1 saturated heterocycles. The summed E-state index contributed by atoms with van der Waals surface area (Å²) in [5.74, 6) is 0.118. The van der Waals surface area contributed by atoms with Crippen molar-refractivity contribution < 1.29 is 4.79 Å². The Morgan fingerprint density at radius 1 is 1.35 bits per heavy atom. The highest BCUT2D eigenvalue weighted by Crippen LogP contribution is 2.24. The number of carbonyl (C=O) groups is 1. The van der Waals surface area contributed by atoms with E-state index < -0.39 is 0 Å². The quantitative estimate of drug-likeness (QED) is 0.795. The zero-order chi connectivity index (χ0) is 12.5. The number of Topliss-reactive ketones (excluding diaryl/α,β-unsaturated/α-hetero) is 1. The van der Waals surface area contributed by atoms with E-state index in [9.17, 15) is 4.79 Å². The van der Waals surface area contributed by atoms with Gasteiger partial charge in [-0.25, -0.2) is 0 Å². The molecule has 17 heavy (non-hydrogen) atoms. The Morgan fingerprint density at radius 2 is 2.00 bits per heavy atom. The standard InChI is InChI=1S/C14H20N2O/c1-11(17)12-4-3-5-13(10-12)16-8-6-14(2,15)7-9-16/h3-5,10H,6-9,15H2,1-2H3. The fraction of sp³-hybridized carbons (Fsp3) is 0.500. The van der Waals surface area contributed by atoms with Crippen LogP contribution in [-0.2, 0) is 0 Å². The van der Waals surface area contributed by atoms with E-state index in [-0.39, 0.29) is 11.3 Å². The molecule has 1 aromatic carbocycles. The second kappa shape index (κ2) is 4.49. The zero-order valence-electron chi connectivity index (χ0n) is 10.6. The maximum absolute atomic E-state index is 11.3. The molecule has 0 bridgehead atoms. The van der Waals surface area contributed by atoms with Crippen LogP contribution >= 0.6 is 0 Å². The summed E-state index contributed by atoms with van der Waals surface area (Å²) in [5.41, 5.74) is 8.00. The van der Waals surface area contributed by atoms with Crippen LogP contribution in [0, 0.1) is 0 Å². The van der Waals surface area contributed by atoms with Crippen LogP contribution in [0.25, 0.3) is 0 Å². The van der Waals surface area contributed by atoms with E-state index in [2.05, 4.69) is 17.9 Å². The van der Waals surface area contributed by atoms with Crippen molar-refractivity contribution in [2.45, 2.75) is 32.2 Å². The van der Waals surface area contributed by atoms with Crippen LogP contribution in [0.5, 0.6) is 0 Å². The van der Waals surface area contributed by atoms with Crippen molar-refractivity contribution in [1.82, 2.24) is 0 Å². The Labute approximate surface area is 103 Å². The summed E-state index contributed by atoms with van der Waals surface area (Å²) >= 11 is 0. The molecule has 1 heterocycles. The van der Waals surface area contributed by atoms with Gasteiger partial charge >= 0.3 is 0 Å². The van der Waals surface area contributed by atoms with Crippen LogP contribution in [0.15, 0.2) is 24.3 Å². The third-order valence-corrected chi connectivity index (χ3v) is 3.52. The van der Waals surface area contributed by atoms with Gasteiger partial charge in [0.25, 0.3) is 0 Å². The van der Waals surface area contributed by atoms with Gasteiger partial charge in [-0.05, 0) is 38.8 Å². The highest BCUT2D eigenvalue weighted by Gasteiger charge is 2.25. The molecular weight excluding hydrogens is 212 g/mol. The van der Waals surface area contributed by atoms with Gasteiger partial charge in [0.1, 0.15) is 0 Å². The average Bonchev–Trinajstić information content (AvgIpc) is 2.29. The van der Waals surface area contributed by atoms with Gasteiger partial charge in [-0.3, -0.25) is 4.79 Å². The first-order valence-corrected chi connectivity index (χ1v) is 6.13. The molecule has 0 spiro atoms. The van der Waals surface area contributed by atoms with Crippen molar-refractivity contribution in [2.24, 2.45) is 5.73 Å². The van der Waals surface area contributed by atoms with Crippen LogP contribution in [0.1, 0.15) is 37.0 Å². The van der Waals surface area contributed by atoms with Crippen molar-refractivity contribution in [3.63, 3.8) is 0 Å². The number of benzene rings is 1. The molecule has 1 aliphatic heterocycles. The fourth-order valence-corrected chi connectivity index (χ4v) is 2.20. The summed E-state index contributed by atoms with van der Waals surface area (Å²) in [6.45, 7) is 5.64. The van der Waals surface area contributed by atoms with Crippen LogP contribution < -0.4 is 10.6 Å². The van der Waals surface area contributed by atoms with E-state index in [1.807, 2.05) is 18.2 Å². The summed E-state index contributed by atoms with van der Waals surface area (Å²) in [6.07, 6.45) is 1.99. The largest absolute Gasteiger partial charge is 0.371 e. The van der Waals surface area contributed by atoms with Crippen molar-refractivity contribution >= 4 is 11.5 Å². The molecule has 0 atom stereocenters. The van der Waals surface area contributed by atoms with Gasteiger partial charge in [0.2, 0.25) is 0 Å². The number of piperidine rings is 1. The molecule has 0 unspecified atom stereocenters. The third-order valence-electron chi connectivity index (χ3n) is 3.52. The number of hydrogen-bond acceptors (Lipinski definition) is 3. The molecule has 0 aromatic heterocycles.